The lowest BCUT2D eigenvalue weighted by Crippen LogP contribution is -2.31. The highest BCUT2D eigenvalue weighted by Gasteiger charge is 2.30. The summed E-state index contributed by atoms with van der Waals surface area (Å²) in [7, 11) is 2.98. The van der Waals surface area contributed by atoms with Gasteiger partial charge in [0.15, 0.2) is 5.75 Å². The molecular formula is C21H28N6O3. The lowest BCUT2D eigenvalue weighted by atomic mass is 10.1. The molecule has 9 nitrogen and oxygen atoms in total. The van der Waals surface area contributed by atoms with Gasteiger partial charge in [0.1, 0.15) is 11.7 Å². The van der Waals surface area contributed by atoms with Crippen molar-refractivity contribution in [2.75, 3.05) is 26.0 Å². The molecule has 1 aliphatic carbocycles. The molecule has 9 heteroatoms. The molecular weight excluding hydrogens is 384 g/mol. The van der Waals surface area contributed by atoms with Crippen LogP contribution in [0.2, 0.25) is 0 Å². The molecule has 0 atom stereocenters. The number of amidine groups is 2. The fourth-order valence-corrected chi connectivity index (χ4v) is 2.69. The van der Waals surface area contributed by atoms with Crippen LogP contribution in [-0.4, -0.2) is 44.2 Å². The van der Waals surface area contributed by atoms with Gasteiger partial charge in [-0.15, -0.1) is 0 Å². The van der Waals surface area contributed by atoms with Gasteiger partial charge < -0.3 is 26.4 Å². The van der Waals surface area contributed by atoms with E-state index >= 15 is 0 Å². The molecule has 2 rings (SSSR count). The van der Waals surface area contributed by atoms with E-state index in [4.69, 9.17) is 15.9 Å². The quantitative estimate of drug-likeness (QED) is 0.181. The molecule has 1 fully saturated rings. The highest BCUT2D eigenvalue weighted by Crippen LogP contribution is 2.31. The molecule has 1 saturated carbocycles. The van der Waals surface area contributed by atoms with Crippen LogP contribution in [0.1, 0.15) is 25.3 Å². The second kappa shape index (κ2) is 10.2. The average molecular weight is 412 g/mol. The fourth-order valence-electron chi connectivity index (χ4n) is 2.69. The van der Waals surface area contributed by atoms with E-state index in [2.05, 4.69) is 27.5 Å². The molecule has 1 aliphatic rings. The van der Waals surface area contributed by atoms with E-state index in [-0.39, 0.29) is 28.9 Å². The van der Waals surface area contributed by atoms with Crippen molar-refractivity contribution in [2.24, 2.45) is 16.6 Å². The SMILES string of the molecule is C=C(C(=O)NC)/C(=C\C(=N)NC(=O)C1CC1)Nc1cccc(C(N)=NCC)c1OC. The summed E-state index contributed by atoms with van der Waals surface area (Å²) in [6, 6.07) is 5.27. The van der Waals surface area contributed by atoms with Crippen LogP contribution in [0.25, 0.3) is 0 Å². The summed E-state index contributed by atoms with van der Waals surface area (Å²) in [5, 5.41) is 16.2. The summed E-state index contributed by atoms with van der Waals surface area (Å²) in [6.45, 7) is 6.19. The Kier molecular flexibility index (Phi) is 7.74. The minimum atomic E-state index is -0.433. The van der Waals surface area contributed by atoms with E-state index in [1.54, 1.807) is 18.2 Å². The third kappa shape index (κ3) is 5.69. The number of anilines is 1. The third-order valence-electron chi connectivity index (χ3n) is 4.41. The standard InChI is InChI=1S/C21H28N6O3/c1-5-25-19(23)14-7-6-8-15(18(14)30-4)26-16(12(2)20(28)24-3)11-17(22)27-21(29)13-9-10-13/h6-8,11,13,26H,2,5,9-10H2,1,3-4H3,(H2,23,25)(H,24,28)(H2,22,27,29)/b16-11+. The van der Waals surface area contributed by atoms with Gasteiger partial charge in [-0.3, -0.25) is 20.0 Å². The number of methoxy groups -OCH3 is 1. The van der Waals surface area contributed by atoms with Crippen LogP contribution in [0.5, 0.6) is 5.75 Å². The Labute approximate surface area is 176 Å². The molecule has 0 heterocycles. The lowest BCUT2D eigenvalue weighted by Gasteiger charge is -2.18. The van der Waals surface area contributed by atoms with E-state index in [1.807, 2.05) is 6.92 Å². The maximum Gasteiger partial charge on any atom is 0.252 e. The number of aliphatic imine (C=N–C) groups is 1. The number of amides is 2. The second-order valence-corrected chi connectivity index (χ2v) is 6.66. The Morgan fingerprint density at radius 2 is 2.10 bits per heavy atom. The van der Waals surface area contributed by atoms with Crippen LogP contribution < -0.4 is 26.4 Å². The number of para-hydroxylation sites is 1. The van der Waals surface area contributed by atoms with Crippen molar-refractivity contribution in [1.82, 2.24) is 10.6 Å². The Bertz CT molecular complexity index is 915. The molecule has 1 aromatic carbocycles. The van der Waals surface area contributed by atoms with Gasteiger partial charge in [0, 0.05) is 25.6 Å². The van der Waals surface area contributed by atoms with Crippen LogP contribution in [0, 0.1) is 11.3 Å². The normalized spacial score (nSPS) is 14.0. The predicted molar refractivity (Wildman–Crippen MR) is 118 cm³/mol. The van der Waals surface area contributed by atoms with Crippen molar-refractivity contribution in [3.8, 4) is 5.75 Å². The van der Waals surface area contributed by atoms with Gasteiger partial charge in [-0.2, -0.15) is 0 Å². The van der Waals surface area contributed by atoms with Gasteiger partial charge in [-0.25, -0.2) is 0 Å². The Morgan fingerprint density at radius 3 is 2.67 bits per heavy atom. The fraction of sp³-hybridized carbons (Fsp3) is 0.333. The first-order valence-corrected chi connectivity index (χ1v) is 9.59. The van der Waals surface area contributed by atoms with Crippen molar-refractivity contribution in [1.29, 1.82) is 5.41 Å². The molecule has 0 radical (unpaired) electrons. The van der Waals surface area contributed by atoms with Gasteiger partial charge in [-0.1, -0.05) is 12.6 Å². The lowest BCUT2D eigenvalue weighted by molar-refractivity contribution is -0.121. The second-order valence-electron chi connectivity index (χ2n) is 6.66. The van der Waals surface area contributed by atoms with Crippen molar-refractivity contribution < 1.29 is 14.3 Å². The first-order valence-electron chi connectivity index (χ1n) is 9.59. The monoisotopic (exact) mass is 412 g/mol. The summed E-state index contributed by atoms with van der Waals surface area (Å²) >= 11 is 0. The first-order chi connectivity index (χ1) is 14.3. The summed E-state index contributed by atoms with van der Waals surface area (Å²) < 4.78 is 5.52. The maximum absolute atomic E-state index is 12.2. The van der Waals surface area contributed by atoms with Crippen molar-refractivity contribution in [2.45, 2.75) is 19.8 Å². The molecule has 0 aliphatic heterocycles. The average Bonchev–Trinajstić information content (AvgIpc) is 3.57. The summed E-state index contributed by atoms with van der Waals surface area (Å²) in [5.74, 6) is -0.0903. The van der Waals surface area contributed by atoms with Gasteiger partial charge in [0.05, 0.1) is 29.6 Å². The summed E-state index contributed by atoms with van der Waals surface area (Å²) in [5.41, 5.74) is 7.46. The molecule has 0 unspecified atom stereocenters. The van der Waals surface area contributed by atoms with E-state index < -0.39 is 5.91 Å². The molecule has 160 valence electrons. The number of likely N-dealkylation sites (N-methyl/N-ethyl adjacent to an activating group) is 1. The smallest absolute Gasteiger partial charge is 0.252 e. The topological polar surface area (TPSA) is 142 Å². The number of hydrogen-bond donors (Lipinski definition) is 5. The van der Waals surface area contributed by atoms with Crippen molar-refractivity contribution >= 4 is 29.2 Å². The van der Waals surface area contributed by atoms with Gasteiger partial charge in [0.25, 0.3) is 5.91 Å². The predicted octanol–water partition coefficient (Wildman–Crippen LogP) is 1.52. The number of hydrogen-bond acceptors (Lipinski definition) is 6. The Morgan fingerprint density at radius 1 is 1.40 bits per heavy atom. The number of benzene rings is 1. The molecule has 2 amide bonds. The molecule has 0 spiro atoms. The highest BCUT2D eigenvalue weighted by molar-refractivity contribution is 6.07. The number of rotatable bonds is 9. The first kappa shape index (κ1) is 22.7. The zero-order valence-electron chi connectivity index (χ0n) is 17.5. The zero-order valence-corrected chi connectivity index (χ0v) is 17.5. The molecule has 0 aromatic heterocycles. The van der Waals surface area contributed by atoms with Crippen LogP contribution >= 0.6 is 0 Å². The number of nitrogens with one attached hydrogen (secondary N) is 4. The summed E-state index contributed by atoms with van der Waals surface area (Å²) in [4.78, 5) is 28.3. The van der Waals surface area contributed by atoms with Crippen LogP contribution in [0.3, 0.4) is 0 Å². The van der Waals surface area contributed by atoms with Crippen LogP contribution in [-0.2, 0) is 9.59 Å². The maximum atomic E-state index is 12.2. The van der Waals surface area contributed by atoms with Crippen LogP contribution in [0.4, 0.5) is 5.69 Å². The largest absolute Gasteiger partial charge is 0.494 e. The molecule has 30 heavy (non-hydrogen) atoms. The Hall–Kier alpha value is -3.62. The molecule has 1 aromatic rings. The number of carbonyl (C=O) groups excluding carboxylic acids is 2. The van der Waals surface area contributed by atoms with E-state index in [0.717, 1.165) is 12.8 Å². The molecule has 6 N–H and O–H groups in total. The van der Waals surface area contributed by atoms with Gasteiger partial charge >= 0.3 is 0 Å². The minimum absolute atomic E-state index is 0.0464. The Balaban J connectivity index is 2.39. The third-order valence-corrected chi connectivity index (χ3v) is 4.41. The van der Waals surface area contributed by atoms with Gasteiger partial charge in [-0.05, 0) is 31.9 Å². The molecule has 0 saturated heterocycles. The number of ether oxygens (including phenoxy) is 1. The van der Waals surface area contributed by atoms with E-state index in [1.165, 1.54) is 20.2 Å². The summed E-state index contributed by atoms with van der Waals surface area (Å²) in [6.07, 6.45) is 2.99. The number of nitrogens with zero attached hydrogens (tertiary/aromatic N) is 1. The van der Waals surface area contributed by atoms with Gasteiger partial charge in [0.2, 0.25) is 5.91 Å². The van der Waals surface area contributed by atoms with Crippen molar-refractivity contribution in [3.63, 3.8) is 0 Å². The zero-order chi connectivity index (χ0) is 22.3. The van der Waals surface area contributed by atoms with Crippen molar-refractivity contribution in [3.05, 3.63) is 47.7 Å². The number of nitrogens with two attached hydrogens (primary N) is 1. The highest BCUT2D eigenvalue weighted by atomic mass is 16.5. The molecule has 0 bridgehead atoms. The number of carbonyl (C=O) groups is 2. The minimum Gasteiger partial charge on any atom is -0.494 e. The van der Waals surface area contributed by atoms with E-state index in [0.29, 0.717) is 29.4 Å². The van der Waals surface area contributed by atoms with E-state index in [9.17, 15) is 9.59 Å². The van der Waals surface area contributed by atoms with Crippen LogP contribution in [0.15, 0.2) is 47.1 Å².